The van der Waals surface area contributed by atoms with Crippen LogP contribution in [0.5, 0.6) is 0 Å². The summed E-state index contributed by atoms with van der Waals surface area (Å²) >= 11 is 0. The minimum absolute atomic E-state index is 0.104. The van der Waals surface area contributed by atoms with Crippen LogP contribution in [0.1, 0.15) is 21.5 Å². The quantitative estimate of drug-likeness (QED) is 0.890. The van der Waals surface area contributed by atoms with Crippen LogP contribution in [0.2, 0.25) is 0 Å². The molecule has 0 unspecified atom stereocenters. The van der Waals surface area contributed by atoms with Crippen molar-refractivity contribution < 1.29 is 9.59 Å². The summed E-state index contributed by atoms with van der Waals surface area (Å²) in [6.07, 6.45) is 0.334. The lowest BCUT2D eigenvalue weighted by Gasteiger charge is -2.08. The van der Waals surface area contributed by atoms with E-state index in [1.54, 1.807) is 42.5 Å². The maximum Gasteiger partial charge on any atom is 0.251 e. The van der Waals surface area contributed by atoms with Crippen molar-refractivity contribution in [3.63, 3.8) is 0 Å². The number of anilines is 1. The van der Waals surface area contributed by atoms with E-state index in [9.17, 15) is 9.59 Å². The average Bonchev–Trinajstić information content (AvgIpc) is 2.55. The topological polar surface area (TPSA) is 82.0 Å². The lowest BCUT2D eigenvalue weighted by molar-refractivity contribution is -0.115. The van der Waals surface area contributed by atoms with Crippen molar-refractivity contribution in [2.24, 2.45) is 0 Å². The summed E-state index contributed by atoms with van der Waals surface area (Å²) in [6.45, 7) is 1.80. The first kappa shape index (κ1) is 16.2. The van der Waals surface area contributed by atoms with E-state index in [0.717, 1.165) is 11.1 Å². The minimum atomic E-state index is -0.306. The van der Waals surface area contributed by atoms with Gasteiger partial charge in [0.2, 0.25) is 5.91 Å². The third kappa shape index (κ3) is 4.97. The highest BCUT2D eigenvalue weighted by atomic mass is 16.2. The fraction of sp³-hybridized carbons (Fsp3) is 0.167. The number of nitriles is 1. The van der Waals surface area contributed by atoms with Gasteiger partial charge in [-0.1, -0.05) is 29.8 Å². The van der Waals surface area contributed by atoms with Crippen LogP contribution < -0.4 is 10.6 Å². The Kier molecular flexibility index (Phi) is 5.48. The molecule has 5 heteroatoms. The van der Waals surface area contributed by atoms with Gasteiger partial charge in [0.05, 0.1) is 19.0 Å². The fourth-order valence-corrected chi connectivity index (χ4v) is 2.05. The molecule has 2 N–H and O–H groups in total. The predicted octanol–water partition coefficient (Wildman–Crippen LogP) is 2.43. The number of nitrogens with zero attached hydrogens (tertiary/aromatic N) is 1. The molecular formula is C18H17N3O2. The molecule has 0 aliphatic rings. The first-order chi connectivity index (χ1) is 11.1. The second-order valence-electron chi connectivity index (χ2n) is 5.13. The van der Waals surface area contributed by atoms with Crippen molar-refractivity contribution in [2.75, 3.05) is 11.9 Å². The van der Waals surface area contributed by atoms with Gasteiger partial charge in [-0.15, -0.1) is 0 Å². The summed E-state index contributed by atoms with van der Waals surface area (Å²) in [4.78, 5) is 23.8. The van der Waals surface area contributed by atoms with E-state index < -0.39 is 0 Å². The Balaban J connectivity index is 1.85. The Labute approximate surface area is 134 Å². The smallest absolute Gasteiger partial charge is 0.251 e. The molecule has 0 aliphatic heterocycles. The zero-order valence-electron chi connectivity index (χ0n) is 12.8. The highest BCUT2D eigenvalue weighted by Crippen LogP contribution is 2.09. The van der Waals surface area contributed by atoms with Gasteiger partial charge >= 0.3 is 0 Å². The maximum atomic E-state index is 11.9. The molecule has 2 rings (SSSR count). The van der Waals surface area contributed by atoms with Crippen molar-refractivity contribution in [1.82, 2.24) is 5.32 Å². The monoisotopic (exact) mass is 307 g/mol. The number of rotatable bonds is 5. The molecule has 5 nitrogen and oxygen atoms in total. The van der Waals surface area contributed by atoms with Gasteiger partial charge in [-0.25, -0.2) is 0 Å². The molecule has 0 saturated heterocycles. The number of hydrogen-bond donors (Lipinski definition) is 2. The molecule has 2 aromatic rings. The first-order valence-electron chi connectivity index (χ1n) is 7.19. The fourth-order valence-electron chi connectivity index (χ4n) is 2.05. The van der Waals surface area contributed by atoms with Gasteiger partial charge in [0.1, 0.15) is 0 Å². The maximum absolute atomic E-state index is 11.9. The Morgan fingerprint density at radius 2 is 1.87 bits per heavy atom. The van der Waals surface area contributed by atoms with Crippen LogP contribution in [0.3, 0.4) is 0 Å². The van der Waals surface area contributed by atoms with Crippen LogP contribution in [0.4, 0.5) is 5.69 Å². The zero-order chi connectivity index (χ0) is 16.7. The van der Waals surface area contributed by atoms with Gasteiger partial charge in [0.15, 0.2) is 0 Å². The van der Waals surface area contributed by atoms with Crippen molar-refractivity contribution in [3.05, 3.63) is 65.2 Å². The van der Waals surface area contributed by atoms with Crippen LogP contribution >= 0.6 is 0 Å². The number of benzene rings is 2. The molecule has 116 valence electrons. The summed E-state index contributed by atoms with van der Waals surface area (Å²) in [5.41, 5.74) is 3.03. The normalized spacial score (nSPS) is 9.74. The van der Waals surface area contributed by atoms with Crippen molar-refractivity contribution in [3.8, 4) is 6.07 Å². The molecule has 0 atom stereocenters. The Hall–Kier alpha value is -3.13. The third-order valence-corrected chi connectivity index (χ3v) is 3.21. The van der Waals surface area contributed by atoms with E-state index in [2.05, 4.69) is 16.7 Å². The first-order valence-corrected chi connectivity index (χ1v) is 7.19. The van der Waals surface area contributed by atoms with Crippen molar-refractivity contribution >= 4 is 17.5 Å². The molecule has 0 radical (unpaired) electrons. The molecule has 0 saturated carbocycles. The molecular weight excluding hydrogens is 290 g/mol. The lowest BCUT2D eigenvalue weighted by Crippen LogP contribution is -2.32. The SMILES string of the molecule is Cc1cccc(C(=O)NCC(=O)Nc2ccc(CC#N)cc2)c1. The molecule has 0 aliphatic carbocycles. The largest absolute Gasteiger partial charge is 0.343 e. The minimum Gasteiger partial charge on any atom is -0.343 e. The lowest BCUT2D eigenvalue weighted by atomic mass is 10.1. The van der Waals surface area contributed by atoms with Crippen molar-refractivity contribution in [2.45, 2.75) is 13.3 Å². The summed E-state index contributed by atoms with van der Waals surface area (Å²) in [7, 11) is 0. The van der Waals surface area contributed by atoms with Crippen LogP contribution in [0.25, 0.3) is 0 Å². The van der Waals surface area contributed by atoms with Crippen LogP contribution in [0, 0.1) is 18.3 Å². The summed E-state index contributed by atoms with van der Waals surface area (Å²) < 4.78 is 0. The molecule has 0 fully saturated rings. The van der Waals surface area contributed by atoms with Gasteiger partial charge in [0.25, 0.3) is 5.91 Å². The summed E-state index contributed by atoms with van der Waals surface area (Å²) in [5.74, 6) is -0.591. The second-order valence-corrected chi connectivity index (χ2v) is 5.13. The van der Waals surface area contributed by atoms with Gasteiger partial charge in [0, 0.05) is 11.3 Å². The van der Waals surface area contributed by atoms with Crippen LogP contribution in [0.15, 0.2) is 48.5 Å². The number of carbonyl (C=O) groups is 2. The van der Waals surface area contributed by atoms with E-state index in [4.69, 9.17) is 5.26 Å². The molecule has 0 bridgehead atoms. The molecule has 0 heterocycles. The third-order valence-electron chi connectivity index (χ3n) is 3.21. The van der Waals surface area contributed by atoms with E-state index >= 15 is 0 Å². The Bertz CT molecular complexity index is 746. The van der Waals surface area contributed by atoms with Crippen LogP contribution in [-0.4, -0.2) is 18.4 Å². The van der Waals surface area contributed by atoms with Crippen LogP contribution in [-0.2, 0) is 11.2 Å². The number of nitrogens with one attached hydrogen (secondary N) is 2. The number of carbonyl (C=O) groups excluding carboxylic acids is 2. The number of hydrogen-bond acceptors (Lipinski definition) is 3. The molecule has 2 aromatic carbocycles. The van der Waals surface area contributed by atoms with E-state index in [0.29, 0.717) is 17.7 Å². The van der Waals surface area contributed by atoms with Crippen molar-refractivity contribution in [1.29, 1.82) is 5.26 Å². The van der Waals surface area contributed by atoms with Gasteiger partial charge in [-0.3, -0.25) is 9.59 Å². The molecule has 0 aromatic heterocycles. The van der Waals surface area contributed by atoms with E-state index in [1.807, 2.05) is 13.0 Å². The second kappa shape index (κ2) is 7.76. The molecule has 23 heavy (non-hydrogen) atoms. The Morgan fingerprint density at radius 1 is 1.13 bits per heavy atom. The highest BCUT2D eigenvalue weighted by molar-refractivity contribution is 5.99. The van der Waals surface area contributed by atoms with E-state index in [1.165, 1.54) is 0 Å². The summed E-state index contributed by atoms with van der Waals surface area (Å²) in [5, 5.41) is 13.9. The molecule has 2 amide bonds. The van der Waals surface area contributed by atoms with Gasteiger partial charge < -0.3 is 10.6 Å². The predicted molar refractivity (Wildman–Crippen MR) is 87.9 cm³/mol. The average molecular weight is 307 g/mol. The molecule has 0 spiro atoms. The number of aryl methyl sites for hydroxylation is 1. The van der Waals surface area contributed by atoms with Gasteiger partial charge in [-0.2, -0.15) is 5.26 Å². The zero-order valence-corrected chi connectivity index (χ0v) is 12.8. The summed E-state index contributed by atoms with van der Waals surface area (Å²) in [6, 6.07) is 16.3. The van der Waals surface area contributed by atoms with E-state index in [-0.39, 0.29) is 18.4 Å². The highest BCUT2D eigenvalue weighted by Gasteiger charge is 2.08. The Morgan fingerprint density at radius 3 is 2.52 bits per heavy atom. The van der Waals surface area contributed by atoms with Gasteiger partial charge in [-0.05, 0) is 36.8 Å². The number of amides is 2. The standard InChI is InChI=1S/C18H17N3O2/c1-13-3-2-4-15(11-13)18(23)20-12-17(22)21-16-7-5-14(6-8-16)9-10-19/h2-8,11H,9,12H2,1H3,(H,20,23)(H,21,22).